The van der Waals surface area contributed by atoms with Gasteiger partial charge in [-0.05, 0) is 37.5 Å². The van der Waals surface area contributed by atoms with Crippen molar-refractivity contribution in [1.29, 1.82) is 0 Å². The number of rotatable bonds is 6. The summed E-state index contributed by atoms with van der Waals surface area (Å²) >= 11 is 6.40. The molecule has 3 rings (SSSR count). The second-order valence-electron chi connectivity index (χ2n) is 7.54. The molecule has 1 atom stereocenters. The van der Waals surface area contributed by atoms with Crippen molar-refractivity contribution in [1.82, 2.24) is 9.97 Å². The van der Waals surface area contributed by atoms with Gasteiger partial charge in [0.2, 0.25) is 0 Å². The first kappa shape index (κ1) is 19.5. The largest absolute Gasteiger partial charge is 0.488 e. The highest BCUT2D eigenvalue weighted by Crippen LogP contribution is 2.32. The third-order valence-corrected chi connectivity index (χ3v) is 4.54. The lowest BCUT2D eigenvalue weighted by Gasteiger charge is -2.26. The van der Waals surface area contributed by atoms with E-state index in [4.69, 9.17) is 22.1 Å². The zero-order valence-corrected chi connectivity index (χ0v) is 16.4. The van der Waals surface area contributed by atoms with Crippen LogP contribution in [0.2, 0.25) is 5.02 Å². The SMILES string of the molecule is CC(C)C[C@](C)(N)COc1cnc(-c2ccnc3c(F)cccc23)cc1Cl. The molecule has 3 aromatic rings. The number of para-hydroxylation sites is 1. The average molecular weight is 388 g/mol. The fourth-order valence-electron chi connectivity index (χ4n) is 3.27. The van der Waals surface area contributed by atoms with Gasteiger partial charge in [-0.2, -0.15) is 0 Å². The standard InChI is InChI=1S/C21H23ClFN3O/c1-13(2)10-21(3,24)12-27-19-11-26-18(9-16(19)22)14-7-8-25-20-15(14)5-4-6-17(20)23/h4-9,11,13H,10,12,24H2,1-3H3/t21-/m0/s1. The average Bonchev–Trinajstić information content (AvgIpc) is 2.59. The minimum atomic E-state index is -0.449. The Balaban J connectivity index is 1.87. The summed E-state index contributed by atoms with van der Waals surface area (Å²) in [6.45, 7) is 6.54. The van der Waals surface area contributed by atoms with Crippen molar-refractivity contribution in [2.24, 2.45) is 11.7 Å². The van der Waals surface area contributed by atoms with Crippen LogP contribution in [0, 0.1) is 11.7 Å². The maximum Gasteiger partial charge on any atom is 0.156 e. The Labute approximate surface area is 163 Å². The molecule has 1 aromatic carbocycles. The maximum atomic E-state index is 14.0. The first-order valence-electron chi connectivity index (χ1n) is 8.88. The van der Waals surface area contributed by atoms with Gasteiger partial charge in [0, 0.05) is 22.7 Å². The first-order chi connectivity index (χ1) is 12.8. The first-order valence-corrected chi connectivity index (χ1v) is 9.25. The quantitative estimate of drug-likeness (QED) is 0.629. The van der Waals surface area contributed by atoms with Crippen molar-refractivity contribution in [2.45, 2.75) is 32.7 Å². The van der Waals surface area contributed by atoms with E-state index in [2.05, 4.69) is 23.8 Å². The number of nitrogens with zero attached hydrogens (tertiary/aromatic N) is 2. The van der Waals surface area contributed by atoms with E-state index in [0.29, 0.717) is 39.9 Å². The van der Waals surface area contributed by atoms with Crippen LogP contribution in [0.5, 0.6) is 5.75 Å². The lowest BCUT2D eigenvalue weighted by molar-refractivity contribution is 0.206. The van der Waals surface area contributed by atoms with E-state index in [-0.39, 0.29) is 5.82 Å². The lowest BCUT2D eigenvalue weighted by Crippen LogP contribution is -2.43. The molecule has 6 heteroatoms. The van der Waals surface area contributed by atoms with Gasteiger partial charge in [0.1, 0.15) is 17.9 Å². The molecule has 0 aliphatic heterocycles. The van der Waals surface area contributed by atoms with E-state index in [1.807, 2.05) is 13.0 Å². The van der Waals surface area contributed by atoms with Crippen molar-refractivity contribution in [3.63, 3.8) is 0 Å². The Morgan fingerprint density at radius 2 is 2.04 bits per heavy atom. The number of fused-ring (bicyclic) bond motifs is 1. The molecule has 27 heavy (non-hydrogen) atoms. The molecule has 0 amide bonds. The van der Waals surface area contributed by atoms with Gasteiger partial charge in [-0.3, -0.25) is 9.97 Å². The number of halogens is 2. The predicted octanol–water partition coefficient (Wildman–Crippen LogP) is 5.23. The van der Waals surface area contributed by atoms with Crippen LogP contribution in [0.3, 0.4) is 0 Å². The smallest absolute Gasteiger partial charge is 0.156 e. The molecule has 0 saturated carbocycles. The van der Waals surface area contributed by atoms with E-state index in [9.17, 15) is 4.39 Å². The van der Waals surface area contributed by atoms with E-state index >= 15 is 0 Å². The third kappa shape index (κ3) is 4.54. The Bertz CT molecular complexity index is 959. The zero-order valence-electron chi connectivity index (χ0n) is 15.7. The molecular formula is C21H23ClFN3O. The highest BCUT2D eigenvalue weighted by Gasteiger charge is 2.22. The van der Waals surface area contributed by atoms with Gasteiger partial charge in [0.15, 0.2) is 5.75 Å². The van der Waals surface area contributed by atoms with E-state index in [1.165, 1.54) is 6.07 Å². The Hall–Kier alpha value is -2.24. The minimum Gasteiger partial charge on any atom is -0.488 e. The maximum absolute atomic E-state index is 14.0. The molecule has 2 aromatic heterocycles. The summed E-state index contributed by atoms with van der Waals surface area (Å²) in [5, 5.41) is 1.11. The summed E-state index contributed by atoms with van der Waals surface area (Å²) in [7, 11) is 0. The second-order valence-corrected chi connectivity index (χ2v) is 7.94. The molecule has 0 bridgehead atoms. The van der Waals surface area contributed by atoms with Crippen LogP contribution in [0.4, 0.5) is 4.39 Å². The molecule has 0 saturated heterocycles. The van der Waals surface area contributed by atoms with Gasteiger partial charge in [-0.25, -0.2) is 4.39 Å². The highest BCUT2D eigenvalue weighted by atomic mass is 35.5. The van der Waals surface area contributed by atoms with Crippen molar-refractivity contribution in [3.05, 3.63) is 53.6 Å². The fraction of sp³-hybridized carbons (Fsp3) is 0.333. The van der Waals surface area contributed by atoms with Gasteiger partial charge < -0.3 is 10.5 Å². The molecule has 2 N–H and O–H groups in total. The van der Waals surface area contributed by atoms with Gasteiger partial charge in [-0.15, -0.1) is 0 Å². The Morgan fingerprint density at radius 3 is 2.74 bits per heavy atom. The second kappa shape index (κ2) is 7.79. The number of hydrogen-bond acceptors (Lipinski definition) is 4. The van der Waals surface area contributed by atoms with E-state index < -0.39 is 5.54 Å². The number of hydrogen-bond donors (Lipinski definition) is 1. The van der Waals surface area contributed by atoms with Crippen molar-refractivity contribution < 1.29 is 9.13 Å². The summed E-state index contributed by atoms with van der Waals surface area (Å²) in [4.78, 5) is 8.56. The lowest BCUT2D eigenvalue weighted by atomic mass is 9.93. The molecule has 0 aliphatic rings. The van der Waals surface area contributed by atoms with Crippen LogP contribution < -0.4 is 10.5 Å². The van der Waals surface area contributed by atoms with Crippen LogP contribution in [-0.2, 0) is 0 Å². The van der Waals surface area contributed by atoms with Gasteiger partial charge in [-0.1, -0.05) is 37.6 Å². The summed E-state index contributed by atoms with van der Waals surface area (Å²) < 4.78 is 19.8. The third-order valence-electron chi connectivity index (χ3n) is 4.25. The molecule has 0 aliphatic carbocycles. The molecule has 0 fully saturated rings. The van der Waals surface area contributed by atoms with Gasteiger partial charge in [0.25, 0.3) is 0 Å². The summed E-state index contributed by atoms with van der Waals surface area (Å²) in [5.74, 6) is 0.582. The van der Waals surface area contributed by atoms with Crippen molar-refractivity contribution >= 4 is 22.5 Å². The molecule has 0 spiro atoms. The molecule has 2 heterocycles. The zero-order chi connectivity index (χ0) is 19.6. The molecule has 0 radical (unpaired) electrons. The summed E-state index contributed by atoms with van der Waals surface area (Å²) in [6, 6.07) is 8.36. The van der Waals surface area contributed by atoms with Crippen LogP contribution in [0.15, 0.2) is 42.7 Å². The number of pyridine rings is 2. The molecule has 142 valence electrons. The van der Waals surface area contributed by atoms with E-state index in [0.717, 1.165) is 12.0 Å². The molecule has 0 unspecified atom stereocenters. The van der Waals surface area contributed by atoms with Gasteiger partial charge >= 0.3 is 0 Å². The molecular weight excluding hydrogens is 365 g/mol. The number of benzene rings is 1. The number of aromatic nitrogens is 2. The van der Waals surface area contributed by atoms with Gasteiger partial charge in [0.05, 0.1) is 16.9 Å². The minimum absolute atomic E-state index is 0.306. The fourth-order valence-corrected chi connectivity index (χ4v) is 3.48. The molecule has 4 nitrogen and oxygen atoms in total. The van der Waals surface area contributed by atoms with Crippen LogP contribution in [0.1, 0.15) is 27.2 Å². The van der Waals surface area contributed by atoms with Crippen molar-refractivity contribution in [2.75, 3.05) is 6.61 Å². The number of nitrogens with two attached hydrogens (primary N) is 1. The Morgan fingerprint density at radius 1 is 1.26 bits per heavy atom. The van der Waals surface area contributed by atoms with E-state index in [1.54, 1.807) is 30.6 Å². The number of ether oxygens (including phenoxy) is 1. The highest BCUT2D eigenvalue weighted by molar-refractivity contribution is 6.32. The normalized spacial score (nSPS) is 13.7. The van der Waals surface area contributed by atoms with Crippen LogP contribution in [0.25, 0.3) is 22.2 Å². The summed E-state index contributed by atoms with van der Waals surface area (Å²) in [6.07, 6.45) is 3.98. The predicted molar refractivity (Wildman–Crippen MR) is 107 cm³/mol. The Kier molecular flexibility index (Phi) is 5.63. The van der Waals surface area contributed by atoms with Crippen LogP contribution in [-0.4, -0.2) is 22.1 Å². The monoisotopic (exact) mass is 387 g/mol. The van der Waals surface area contributed by atoms with Crippen LogP contribution >= 0.6 is 11.6 Å². The topological polar surface area (TPSA) is 61.0 Å². The summed E-state index contributed by atoms with van der Waals surface area (Å²) in [5.41, 5.74) is 7.53. The van der Waals surface area contributed by atoms with Crippen molar-refractivity contribution in [3.8, 4) is 17.0 Å².